The Bertz CT molecular complexity index is 2340. The first-order valence-corrected chi connectivity index (χ1v) is 22.0. The molecule has 7 rings (SSSR count). The van der Waals surface area contributed by atoms with Crippen molar-refractivity contribution in [2.24, 2.45) is 5.92 Å². The molecule has 3 aliphatic heterocycles. The van der Waals surface area contributed by atoms with Gasteiger partial charge in [-0.2, -0.15) is 26.3 Å². The Morgan fingerprint density at radius 2 is 1.76 bits per heavy atom. The number of hydrogen-bond acceptors (Lipinski definition) is 10. The molecule has 1 saturated heterocycles. The van der Waals surface area contributed by atoms with Gasteiger partial charge in [-0.05, 0) is 78.2 Å². The van der Waals surface area contributed by atoms with Crippen molar-refractivity contribution in [3.63, 3.8) is 0 Å². The molecule has 1 aromatic heterocycles. The first-order valence-electron chi connectivity index (χ1n) is 20.1. The van der Waals surface area contributed by atoms with Crippen LogP contribution in [0.25, 0.3) is 10.9 Å². The van der Waals surface area contributed by atoms with Crippen molar-refractivity contribution >= 4 is 56.3 Å². The number of pyridine rings is 1. The second kappa shape index (κ2) is 15.6. The molecule has 62 heavy (non-hydrogen) atoms. The number of sulfonamides is 1. The second-order valence-corrected chi connectivity index (χ2v) is 20.2. The predicted octanol–water partition coefficient (Wildman–Crippen LogP) is 6.41. The molecule has 4 amide bonds. The number of nitrogens with zero attached hydrogens (tertiary/aromatic N) is 2. The number of benzene rings is 1. The van der Waals surface area contributed by atoms with Crippen molar-refractivity contribution in [3.8, 4) is 11.5 Å². The van der Waals surface area contributed by atoms with E-state index in [9.17, 15) is 53.9 Å². The minimum absolute atomic E-state index is 0.0201. The number of aryl methyl sites for hydroxylation is 1. The molecule has 1 aromatic carbocycles. The lowest BCUT2D eigenvalue weighted by atomic mass is 9.87. The molecular weight excluding hydrogens is 876 g/mol. The Kier molecular flexibility index (Phi) is 11.5. The van der Waals surface area contributed by atoms with Crippen molar-refractivity contribution in [2.45, 2.75) is 137 Å². The van der Waals surface area contributed by atoms with Crippen LogP contribution in [0, 0.1) is 5.92 Å². The van der Waals surface area contributed by atoms with Crippen molar-refractivity contribution in [1.29, 1.82) is 0 Å². The largest absolute Gasteiger partial charge is 0.497 e. The standard InChI is InChI=1S/C40H46ClF6N5O9S/c1-35(2,40(45,46)47)61-34(56)48-26-11-9-7-5-6-8-10-21-18-38(21,33(55)51-62(57,58)36(3)14-15-36)50-31(53)27-19-37(20-52(27)32(26)54)13-12-23-24-16-22(59-4)17-25(41)28(24)49-30(29(23)60-37)39(42,43)44/h8,10,16-17,21,26-27H,5-7,9,11-15,18-20H2,1-4H3,(H,48,56)(H,50,53)(H,51,55)/b10-8-/t21-,26+,27+,37-,38-/m1/s1. The fourth-order valence-electron chi connectivity index (χ4n) is 8.34. The summed E-state index contributed by atoms with van der Waals surface area (Å²) in [6.07, 6.45) is -6.64. The zero-order chi connectivity index (χ0) is 45.4. The number of aromatic nitrogens is 1. The molecule has 14 nitrogen and oxygen atoms in total. The number of methoxy groups -OCH3 is 1. The van der Waals surface area contributed by atoms with Crippen LogP contribution in [0.5, 0.6) is 11.5 Å². The molecule has 5 atom stereocenters. The molecule has 5 aliphatic rings. The highest BCUT2D eigenvalue weighted by Gasteiger charge is 2.64. The lowest BCUT2D eigenvalue weighted by Crippen LogP contribution is -2.59. The molecule has 340 valence electrons. The van der Waals surface area contributed by atoms with Gasteiger partial charge in [0.15, 0.2) is 11.4 Å². The van der Waals surface area contributed by atoms with Crippen molar-refractivity contribution in [1.82, 2.24) is 25.2 Å². The van der Waals surface area contributed by atoms with Gasteiger partial charge in [-0.15, -0.1) is 0 Å². The van der Waals surface area contributed by atoms with Gasteiger partial charge in [0.05, 0.1) is 28.9 Å². The predicted molar refractivity (Wildman–Crippen MR) is 210 cm³/mol. The van der Waals surface area contributed by atoms with Crippen LogP contribution in [0.3, 0.4) is 0 Å². The highest BCUT2D eigenvalue weighted by Crippen LogP contribution is 2.51. The van der Waals surface area contributed by atoms with Crippen LogP contribution in [-0.2, 0) is 41.7 Å². The van der Waals surface area contributed by atoms with Crippen molar-refractivity contribution in [3.05, 3.63) is 40.6 Å². The van der Waals surface area contributed by atoms with E-state index in [4.69, 9.17) is 25.8 Å². The van der Waals surface area contributed by atoms with Gasteiger partial charge in [-0.3, -0.25) is 19.1 Å². The summed E-state index contributed by atoms with van der Waals surface area (Å²) < 4.78 is 129. The normalized spacial score (nSPS) is 28.2. The Morgan fingerprint density at radius 3 is 2.40 bits per heavy atom. The molecule has 3 N–H and O–H groups in total. The van der Waals surface area contributed by atoms with Crippen molar-refractivity contribution in [2.75, 3.05) is 13.7 Å². The molecule has 2 aliphatic carbocycles. The van der Waals surface area contributed by atoms with E-state index in [1.165, 1.54) is 26.2 Å². The molecule has 1 spiro atoms. The van der Waals surface area contributed by atoms with Gasteiger partial charge in [0.25, 0.3) is 5.91 Å². The van der Waals surface area contributed by atoms with Gasteiger partial charge < -0.3 is 29.7 Å². The number of rotatable bonds is 6. The first kappa shape index (κ1) is 45.5. The van der Waals surface area contributed by atoms with E-state index in [-0.39, 0.29) is 59.3 Å². The molecule has 0 radical (unpaired) electrons. The van der Waals surface area contributed by atoms with E-state index in [1.807, 2.05) is 0 Å². The van der Waals surface area contributed by atoms with Gasteiger partial charge in [-0.25, -0.2) is 18.2 Å². The number of carbonyl (C=O) groups is 4. The number of hydrogen-bond donors (Lipinski definition) is 3. The molecule has 0 unspecified atom stereocenters. The average molecular weight is 922 g/mol. The lowest BCUT2D eigenvalue weighted by Gasteiger charge is -2.37. The summed E-state index contributed by atoms with van der Waals surface area (Å²) in [6, 6.07) is -0.435. The maximum absolute atomic E-state index is 14.8. The third-order valence-electron chi connectivity index (χ3n) is 12.7. The molecule has 3 fully saturated rings. The minimum Gasteiger partial charge on any atom is -0.497 e. The maximum Gasteiger partial charge on any atom is 0.437 e. The molecule has 0 bridgehead atoms. The summed E-state index contributed by atoms with van der Waals surface area (Å²) in [5, 5.41) is 4.98. The number of alkyl carbamates (subject to hydrolysis) is 1. The number of allylic oxidation sites excluding steroid dienone is 1. The van der Waals surface area contributed by atoms with Crippen LogP contribution in [0.1, 0.15) is 96.2 Å². The summed E-state index contributed by atoms with van der Waals surface area (Å²) in [6.45, 7) is 2.16. The van der Waals surface area contributed by atoms with Gasteiger partial charge in [-0.1, -0.05) is 36.6 Å². The number of amides is 4. The Hall–Kier alpha value is -4.53. The van der Waals surface area contributed by atoms with Gasteiger partial charge in [0.2, 0.25) is 27.4 Å². The van der Waals surface area contributed by atoms with Crippen LogP contribution in [-0.4, -0.2) is 95.5 Å². The van der Waals surface area contributed by atoms with Crippen LogP contribution < -0.4 is 24.8 Å². The van der Waals surface area contributed by atoms with Crippen LogP contribution in [0.2, 0.25) is 5.02 Å². The number of halogens is 7. The molecule has 22 heteroatoms. The van der Waals surface area contributed by atoms with Gasteiger partial charge in [0.1, 0.15) is 29.0 Å². The number of carbonyl (C=O) groups excluding carboxylic acids is 4. The molecule has 2 saturated carbocycles. The summed E-state index contributed by atoms with van der Waals surface area (Å²) >= 11 is 6.37. The summed E-state index contributed by atoms with van der Waals surface area (Å²) in [7, 11) is -2.84. The number of nitrogens with one attached hydrogen (secondary N) is 3. The second-order valence-electron chi connectivity index (χ2n) is 17.6. The summed E-state index contributed by atoms with van der Waals surface area (Å²) in [5.74, 6) is -4.10. The number of fused-ring (bicyclic) bond motifs is 5. The first-order chi connectivity index (χ1) is 28.8. The zero-order valence-electron chi connectivity index (χ0n) is 34.1. The molecular formula is C40H46ClF6N5O9S. The lowest BCUT2D eigenvalue weighted by molar-refractivity contribution is -0.244. The Labute approximate surface area is 357 Å². The monoisotopic (exact) mass is 921 g/mol. The third-order valence-corrected chi connectivity index (χ3v) is 15.1. The van der Waals surface area contributed by atoms with Crippen LogP contribution in [0.4, 0.5) is 31.1 Å². The Morgan fingerprint density at radius 1 is 1.05 bits per heavy atom. The van der Waals surface area contributed by atoms with Crippen LogP contribution >= 0.6 is 11.6 Å². The van der Waals surface area contributed by atoms with E-state index in [0.29, 0.717) is 46.0 Å². The fraction of sp³-hybridized carbons (Fsp3) is 0.625. The highest BCUT2D eigenvalue weighted by atomic mass is 35.5. The average Bonchev–Trinajstić information content (AvgIpc) is 4.06. The van der Waals surface area contributed by atoms with Crippen molar-refractivity contribution < 1.29 is 68.1 Å². The SMILES string of the molecule is COc1cc(Cl)c2nc(C(F)(F)F)c3c(c2c1)CC[C@]1(C[C@H]2C(=O)N[C@]4(C(=O)NS(=O)(=O)C5(C)CC5)C[C@H]4/C=C\CCCCC[C@H](NC(=O)OC(C)(C)C(F)(F)F)C(=O)N2C1)O3. The third kappa shape index (κ3) is 8.46. The van der Waals surface area contributed by atoms with Gasteiger partial charge >= 0.3 is 18.4 Å². The van der Waals surface area contributed by atoms with Gasteiger partial charge in [0, 0.05) is 29.4 Å². The van der Waals surface area contributed by atoms with E-state index < -0.39 is 110 Å². The van der Waals surface area contributed by atoms with E-state index in [1.54, 1.807) is 12.2 Å². The Balaban J connectivity index is 1.28. The minimum atomic E-state index is -5.08. The highest BCUT2D eigenvalue weighted by molar-refractivity contribution is 7.91. The molecule has 2 aromatic rings. The summed E-state index contributed by atoms with van der Waals surface area (Å²) in [5.41, 5.74) is -8.01. The number of alkyl halides is 6. The topological polar surface area (TPSA) is 182 Å². The van der Waals surface area contributed by atoms with E-state index in [0.717, 1.165) is 4.90 Å². The van der Waals surface area contributed by atoms with E-state index >= 15 is 0 Å². The zero-order valence-corrected chi connectivity index (χ0v) is 35.7. The van der Waals surface area contributed by atoms with Crippen LogP contribution in [0.15, 0.2) is 24.3 Å². The molecule has 4 heterocycles. The number of ether oxygens (including phenoxy) is 3. The van der Waals surface area contributed by atoms with E-state index in [2.05, 4.69) is 20.3 Å². The fourth-order valence-corrected chi connectivity index (χ4v) is 9.90. The smallest absolute Gasteiger partial charge is 0.437 e. The maximum atomic E-state index is 14.8. The quantitative estimate of drug-likeness (QED) is 0.216. The summed E-state index contributed by atoms with van der Waals surface area (Å²) in [4.78, 5) is 61.2.